The molecule has 6 nitrogen and oxygen atoms in total. The second kappa shape index (κ2) is 13.8. The second-order valence-corrected chi connectivity index (χ2v) is 6.97. The first kappa shape index (κ1) is 25.7. The highest BCUT2D eigenvalue weighted by Gasteiger charge is 2.09. The Labute approximate surface area is 197 Å². The summed E-state index contributed by atoms with van der Waals surface area (Å²) in [7, 11) is 5.53. The zero-order chi connectivity index (χ0) is 21.1. The number of halogens is 1. The number of aliphatic imine (C=N–C) groups is 1. The van der Waals surface area contributed by atoms with Gasteiger partial charge in [-0.15, -0.1) is 24.0 Å². The maximum absolute atomic E-state index is 12.1. The average Bonchev–Trinajstić information content (AvgIpc) is 2.73. The maximum Gasteiger partial charge on any atom is 0.253 e. The van der Waals surface area contributed by atoms with Gasteiger partial charge in [0, 0.05) is 39.8 Å². The third kappa shape index (κ3) is 8.61. The summed E-state index contributed by atoms with van der Waals surface area (Å²) in [5, 5.41) is 3.32. The van der Waals surface area contributed by atoms with Crippen molar-refractivity contribution in [1.82, 2.24) is 15.1 Å². The van der Waals surface area contributed by atoms with E-state index < -0.39 is 0 Å². The Hall–Kier alpha value is -2.29. The molecule has 2 aromatic carbocycles. The Morgan fingerprint density at radius 2 is 1.80 bits per heavy atom. The van der Waals surface area contributed by atoms with Crippen molar-refractivity contribution in [1.29, 1.82) is 0 Å². The van der Waals surface area contributed by atoms with E-state index in [0.29, 0.717) is 18.7 Å². The molecule has 0 aliphatic carbocycles. The molecule has 164 valence electrons. The van der Waals surface area contributed by atoms with Crippen LogP contribution in [-0.4, -0.2) is 69.1 Å². The van der Waals surface area contributed by atoms with E-state index in [1.807, 2.05) is 61.6 Å². The van der Waals surface area contributed by atoms with E-state index in [1.54, 1.807) is 19.0 Å². The molecule has 7 heteroatoms. The van der Waals surface area contributed by atoms with Crippen molar-refractivity contribution < 1.29 is 9.53 Å². The fourth-order valence-corrected chi connectivity index (χ4v) is 2.80. The van der Waals surface area contributed by atoms with Gasteiger partial charge < -0.3 is 19.9 Å². The van der Waals surface area contributed by atoms with Crippen molar-refractivity contribution in [3.05, 3.63) is 65.7 Å². The molecule has 0 atom stereocenters. The van der Waals surface area contributed by atoms with Crippen LogP contribution in [0, 0.1) is 0 Å². The molecule has 0 aromatic heterocycles. The summed E-state index contributed by atoms with van der Waals surface area (Å²) >= 11 is 0. The summed E-state index contributed by atoms with van der Waals surface area (Å²) in [4.78, 5) is 20.5. The minimum atomic E-state index is 0. The Balaban J connectivity index is 0.00000450. The predicted molar refractivity (Wildman–Crippen MR) is 134 cm³/mol. The highest BCUT2D eigenvalue weighted by atomic mass is 127. The monoisotopic (exact) mass is 524 g/mol. The minimum Gasteiger partial charge on any atom is -0.492 e. The molecule has 0 heterocycles. The lowest BCUT2D eigenvalue weighted by molar-refractivity contribution is 0.0827. The van der Waals surface area contributed by atoms with Gasteiger partial charge in [0.15, 0.2) is 5.96 Å². The number of guanidine groups is 1. The lowest BCUT2D eigenvalue weighted by Crippen LogP contribution is -2.41. The number of para-hydroxylation sites is 1. The number of hydrogen-bond donors (Lipinski definition) is 1. The summed E-state index contributed by atoms with van der Waals surface area (Å²) in [6, 6.07) is 17.6. The van der Waals surface area contributed by atoms with Crippen molar-refractivity contribution in [2.24, 2.45) is 4.99 Å². The molecule has 0 bridgehead atoms. The number of likely N-dealkylation sites (N-methyl/N-ethyl adjacent to an activating group) is 1. The summed E-state index contributed by atoms with van der Waals surface area (Å²) in [6.07, 6.45) is 0.776. The quantitative estimate of drug-likeness (QED) is 0.310. The van der Waals surface area contributed by atoms with E-state index in [9.17, 15) is 4.79 Å². The van der Waals surface area contributed by atoms with E-state index in [-0.39, 0.29) is 29.9 Å². The van der Waals surface area contributed by atoms with Crippen molar-refractivity contribution in [2.45, 2.75) is 13.3 Å². The fourth-order valence-electron chi connectivity index (χ4n) is 2.80. The molecule has 2 aromatic rings. The average molecular weight is 524 g/mol. The fraction of sp³-hybridized carbons (Fsp3) is 0.391. The van der Waals surface area contributed by atoms with Gasteiger partial charge in [0.25, 0.3) is 5.91 Å². The summed E-state index contributed by atoms with van der Waals surface area (Å²) < 4.78 is 5.77. The van der Waals surface area contributed by atoms with Gasteiger partial charge >= 0.3 is 0 Å². The SMILES string of the molecule is CCNC(=NCCc1cccc(C(=O)N(C)C)c1)N(C)CCOc1ccccc1.I. The molecule has 0 aliphatic rings. The molecular weight excluding hydrogens is 491 g/mol. The van der Waals surface area contributed by atoms with Crippen LogP contribution in [0.4, 0.5) is 0 Å². The van der Waals surface area contributed by atoms with Crippen molar-refractivity contribution >= 4 is 35.8 Å². The van der Waals surface area contributed by atoms with E-state index in [4.69, 9.17) is 9.73 Å². The lowest BCUT2D eigenvalue weighted by Gasteiger charge is -2.22. The van der Waals surface area contributed by atoms with Crippen molar-refractivity contribution in [3.63, 3.8) is 0 Å². The van der Waals surface area contributed by atoms with Crippen LogP contribution < -0.4 is 10.1 Å². The van der Waals surface area contributed by atoms with Gasteiger partial charge in [0.05, 0.1) is 6.54 Å². The van der Waals surface area contributed by atoms with Gasteiger partial charge in [-0.25, -0.2) is 0 Å². The number of ether oxygens (including phenoxy) is 1. The highest BCUT2D eigenvalue weighted by molar-refractivity contribution is 14.0. The van der Waals surface area contributed by atoms with Gasteiger partial charge in [0.1, 0.15) is 12.4 Å². The van der Waals surface area contributed by atoms with Crippen LogP contribution in [0.5, 0.6) is 5.75 Å². The minimum absolute atomic E-state index is 0. The Kier molecular flexibility index (Phi) is 11.9. The third-order valence-electron chi connectivity index (χ3n) is 4.38. The molecule has 1 N–H and O–H groups in total. The molecule has 0 fully saturated rings. The lowest BCUT2D eigenvalue weighted by atomic mass is 10.1. The Bertz CT molecular complexity index is 797. The van der Waals surface area contributed by atoms with E-state index in [1.165, 1.54) is 0 Å². The molecule has 0 saturated carbocycles. The van der Waals surface area contributed by atoms with Crippen LogP contribution in [-0.2, 0) is 6.42 Å². The predicted octanol–water partition coefficient (Wildman–Crippen LogP) is 3.53. The topological polar surface area (TPSA) is 57.2 Å². The standard InChI is InChI=1S/C23H32N4O2.HI/c1-5-24-23(27(4)16-17-29-21-12-7-6-8-13-21)25-15-14-19-10-9-11-20(18-19)22(28)26(2)3;/h6-13,18H,5,14-17H2,1-4H3,(H,24,25);1H. The molecule has 0 spiro atoms. The smallest absolute Gasteiger partial charge is 0.253 e. The van der Waals surface area contributed by atoms with Crippen molar-refractivity contribution in [2.75, 3.05) is 47.4 Å². The zero-order valence-electron chi connectivity index (χ0n) is 18.3. The van der Waals surface area contributed by atoms with Gasteiger partial charge in [-0.2, -0.15) is 0 Å². The summed E-state index contributed by atoms with van der Waals surface area (Å²) in [5.41, 5.74) is 1.81. The molecule has 0 aliphatic heterocycles. The van der Waals surface area contributed by atoms with Crippen LogP contribution in [0.2, 0.25) is 0 Å². The number of benzene rings is 2. The van der Waals surface area contributed by atoms with E-state index in [2.05, 4.69) is 17.1 Å². The number of carbonyl (C=O) groups excluding carboxylic acids is 1. The first-order valence-electron chi connectivity index (χ1n) is 9.99. The zero-order valence-corrected chi connectivity index (χ0v) is 20.6. The first-order chi connectivity index (χ1) is 14.0. The van der Waals surface area contributed by atoms with Crippen LogP contribution in [0.1, 0.15) is 22.8 Å². The summed E-state index contributed by atoms with van der Waals surface area (Å²) in [5.74, 6) is 1.74. The third-order valence-corrected chi connectivity index (χ3v) is 4.38. The van der Waals surface area contributed by atoms with Gasteiger partial charge in [-0.3, -0.25) is 9.79 Å². The number of rotatable bonds is 9. The molecule has 2 rings (SSSR count). The van der Waals surface area contributed by atoms with E-state index in [0.717, 1.165) is 36.8 Å². The van der Waals surface area contributed by atoms with Crippen LogP contribution in [0.15, 0.2) is 59.6 Å². The maximum atomic E-state index is 12.1. The van der Waals surface area contributed by atoms with Gasteiger partial charge in [-0.1, -0.05) is 30.3 Å². The van der Waals surface area contributed by atoms with Crippen LogP contribution in [0.3, 0.4) is 0 Å². The van der Waals surface area contributed by atoms with Gasteiger partial charge in [0.2, 0.25) is 0 Å². The number of carbonyl (C=O) groups is 1. The Morgan fingerprint density at radius 1 is 1.07 bits per heavy atom. The van der Waals surface area contributed by atoms with Gasteiger partial charge in [-0.05, 0) is 43.2 Å². The molecule has 0 radical (unpaired) electrons. The van der Waals surface area contributed by atoms with Crippen molar-refractivity contribution in [3.8, 4) is 5.75 Å². The normalized spacial score (nSPS) is 10.7. The number of amides is 1. The highest BCUT2D eigenvalue weighted by Crippen LogP contribution is 2.09. The molecule has 0 saturated heterocycles. The number of hydrogen-bond acceptors (Lipinski definition) is 3. The Morgan fingerprint density at radius 3 is 2.47 bits per heavy atom. The molecule has 1 amide bonds. The second-order valence-electron chi connectivity index (χ2n) is 6.97. The number of nitrogens with one attached hydrogen (secondary N) is 1. The first-order valence-corrected chi connectivity index (χ1v) is 9.99. The summed E-state index contributed by atoms with van der Waals surface area (Å²) in [6.45, 7) is 4.81. The van der Waals surface area contributed by atoms with Crippen LogP contribution >= 0.6 is 24.0 Å². The molecule has 0 unspecified atom stereocenters. The van der Waals surface area contributed by atoms with Crippen LogP contribution in [0.25, 0.3) is 0 Å². The largest absolute Gasteiger partial charge is 0.492 e. The van der Waals surface area contributed by atoms with E-state index >= 15 is 0 Å². The number of nitrogens with zero attached hydrogens (tertiary/aromatic N) is 3. The molecule has 30 heavy (non-hydrogen) atoms. The molecular formula is C23H33IN4O2.